The van der Waals surface area contributed by atoms with Gasteiger partial charge < -0.3 is 10.3 Å². The van der Waals surface area contributed by atoms with Crippen molar-refractivity contribution < 1.29 is 22.4 Å². The normalized spacial score (nSPS) is 12.7. The first-order valence-corrected chi connectivity index (χ1v) is 6.56. The summed E-state index contributed by atoms with van der Waals surface area (Å²) in [5.41, 5.74) is -2.70. The van der Waals surface area contributed by atoms with Crippen molar-refractivity contribution in [2.75, 3.05) is 0 Å². The maximum Gasteiger partial charge on any atom is 0.431 e. The predicted octanol–water partition coefficient (Wildman–Crippen LogP) is 3.02. The van der Waals surface area contributed by atoms with E-state index < -0.39 is 40.8 Å². The predicted molar refractivity (Wildman–Crippen MR) is 74.3 cm³/mol. The lowest BCUT2D eigenvalue weighted by Crippen LogP contribution is -2.32. The maximum absolute atomic E-state index is 13.6. The summed E-state index contributed by atoms with van der Waals surface area (Å²) in [6.07, 6.45) is -4.71. The minimum Gasteiger partial charge on any atom is -0.345 e. The van der Waals surface area contributed by atoms with Gasteiger partial charge in [0.05, 0.1) is 6.04 Å². The minimum absolute atomic E-state index is 0.198. The Balaban J connectivity index is 2.22. The molecule has 1 amide bonds. The number of aromatic amines is 1. The van der Waals surface area contributed by atoms with Crippen molar-refractivity contribution in [2.24, 2.45) is 0 Å². The van der Waals surface area contributed by atoms with E-state index in [9.17, 15) is 27.2 Å². The molecule has 2 N–H and O–H groups in total. The molecule has 1 heterocycles. The Bertz CT molecular complexity index is 784. The third kappa shape index (κ3) is 3.77. The van der Waals surface area contributed by atoms with Crippen LogP contribution in [0.5, 0.6) is 0 Å². The zero-order valence-electron chi connectivity index (χ0n) is 11.9. The first-order valence-electron chi connectivity index (χ1n) is 6.56. The van der Waals surface area contributed by atoms with Gasteiger partial charge in [-0.3, -0.25) is 9.59 Å². The highest BCUT2D eigenvalue weighted by Crippen LogP contribution is 2.26. The lowest BCUT2D eigenvalue weighted by Gasteiger charge is -2.15. The smallest absolute Gasteiger partial charge is 0.345 e. The van der Waals surface area contributed by atoms with Crippen LogP contribution in [-0.2, 0) is 6.18 Å². The second-order valence-electron chi connectivity index (χ2n) is 4.83. The summed E-state index contributed by atoms with van der Waals surface area (Å²) >= 11 is 0. The second-order valence-corrected chi connectivity index (χ2v) is 4.83. The highest BCUT2D eigenvalue weighted by molar-refractivity contribution is 5.94. The standard InChI is InChI=1S/C15H12F4N2O2/c1-8(9-4-2-3-5-11(9)16)20-13(22)10-6-7-12(15(17,18)19)21-14(10)23/h2-8H,1H3,(H,20,22)(H,21,23)/t8-/m0/s1. The molecule has 8 heteroatoms. The fourth-order valence-corrected chi connectivity index (χ4v) is 2.00. The van der Waals surface area contributed by atoms with Gasteiger partial charge in [-0.1, -0.05) is 18.2 Å². The number of pyridine rings is 1. The molecule has 0 aliphatic rings. The summed E-state index contributed by atoms with van der Waals surface area (Å²) in [6, 6.07) is 6.35. The Morgan fingerprint density at radius 3 is 2.39 bits per heavy atom. The van der Waals surface area contributed by atoms with Crippen LogP contribution in [0.3, 0.4) is 0 Å². The number of rotatable bonds is 3. The number of benzene rings is 1. The Hall–Kier alpha value is -2.64. The molecule has 2 aromatic rings. The lowest BCUT2D eigenvalue weighted by atomic mass is 10.1. The van der Waals surface area contributed by atoms with E-state index in [1.807, 2.05) is 0 Å². The van der Waals surface area contributed by atoms with Gasteiger partial charge in [0.2, 0.25) is 0 Å². The number of amides is 1. The van der Waals surface area contributed by atoms with Crippen LogP contribution >= 0.6 is 0 Å². The largest absolute Gasteiger partial charge is 0.431 e. The van der Waals surface area contributed by atoms with Gasteiger partial charge in [0.15, 0.2) is 0 Å². The van der Waals surface area contributed by atoms with Crippen molar-refractivity contribution >= 4 is 5.91 Å². The fourth-order valence-electron chi connectivity index (χ4n) is 2.00. The van der Waals surface area contributed by atoms with E-state index in [0.29, 0.717) is 6.07 Å². The van der Waals surface area contributed by atoms with Crippen molar-refractivity contribution in [1.82, 2.24) is 10.3 Å². The van der Waals surface area contributed by atoms with Crippen molar-refractivity contribution in [3.05, 3.63) is 69.4 Å². The van der Waals surface area contributed by atoms with E-state index in [4.69, 9.17) is 0 Å². The SMILES string of the molecule is C[C@H](NC(=O)c1ccc(C(F)(F)F)[nH]c1=O)c1ccccc1F. The molecule has 0 radical (unpaired) electrons. The monoisotopic (exact) mass is 328 g/mol. The Kier molecular flexibility index (Phi) is 4.53. The number of hydrogen-bond donors (Lipinski definition) is 2. The van der Waals surface area contributed by atoms with E-state index in [0.717, 1.165) is 6.07 Å². The molecule has 0 saturated carbocycles. The van der Waals surface area contributed by atoms with Crippen LogP contribution in [0.2, 0.25) is 0 Å². The number of nitrogens with one attached hydrogen (secondary N) is 2. The van der Waals surface area contributed by atoms with Crippen LogP contribution in [0.4, 0.5) is 17.6 Å². The average molecular weight is 328 g/mol. The zero-order valence-corrected chi connectivity index (χ0v) is 11.9. The summed E-state index contributed by atoms with van der Waals surface area (Å²) in [7, 11) is 0. The molecule has 0 aliphatic carbocycles. The molecule has 0 spiro atoms. The van der Waals surface area contributed by atoms with Crippen LogP contribution < -0.4 is 10.9 Å². The molecule has 0 unspecified atom stereocenters. The lowest BCUT2D eigenvalue weighted by molar-refractivity contribution is -0.141. The molecular formula is C15H12F4N2O2. The molecule has 2 rings (SSSR count). The number of alkyl halides is 3. The molecule has 1 aromatic carbocycles. The number of carbonyl (C=O) groups excluding carboxylic acids is 1. The van der Waals surface area contributed by atoms with E-state index in [1.165, 1.54) is 25.1 Å². The van der Waals surface area contributed by atoms with Crippen LogP contribution in [-0.4, -0.2) is 10.9 Å². The van der Waals surface area contributed by atoms with Gasteiger partial charge in [-0.05, 0) is 25.1 Å². The molecule has 0 fully saturated rings. The van der Waals surface area contributed by atoms with Crippen molar-refractivity contribution in [1.29, 1.82) is 0 Å². The summed E-state index contributed by atoms with van der Waals surface area (Å²) in [5, 5.41) is 2.37. The average Bonchev–Trinajstić information content (AvgIpc) is 2.46. The number of aromatic nitrogens is 1. The summed E-state index contributed by atoms with van der Waals surface area (Å²) in [4.78, 5) is 25.2. The molecular weight excluding hydrogens is 316 g/mol. The summed E-state index contributed by atoms with van der Waals surface area (Å²) < 4.78 is 51.0. The van der Waals surface area contributed by atoms with Gasteiger partial charge in [0.25, 0.3) is 11.5 Å². The molecule has 0 saturated heterocycles. The molecule has 23 heavy (non-hydrogen) atoms. The van der Waals surface area contributed by atoms with Gasteiger partial charge in [-0.25, -0.2) is 4.39 Å². The summed E-state index contributed by atoms with van der Waals surface area (Å²) in [6.45, 7) is 1.49. The number of hydrogen-bond acceptors (Lipinski definition) is 2. The van der Waals surface area contributed by atoms with Crippen LogP contribution in [0.25, 0.3) is 0 Å². The van der Waals surface area contributed by atoms with Crippen molar-refractivity contribution in [3.8, 4) is 0 Å². The third-order valence-electron chi connectivity index (χ3n) is 3.18. The number of halogens is 4. The highest BCUT2D eigenvalue weighted by atomic mass is 19.4. The topological polar surface area (TPSA) is 62.0 Å². The van der Waals surface area contributed by atoms with Gasteiger partial charge in [0, 0.05) is 5.56 Å². The zero-order chi connectivity index (χ0) is 17.2. The Morgan fingerprint density at radius 2 is 1.83 bits per heavy atom. The first-order chi connectivity index (χ1) is 10.7. The minimum atomic E-state index is -4.71. The molecule has 0 aliphatic heterocycles. The molecule has 4 nitrogen and oxygen atoms in total. The van der Waals surface area contributed by atoms with Crippen LogP contribution in [0, 0.1) is 5.82 Å². The van der Waals surface area contributed by atoms with E-state index in [-0.39, 0.29) is 5.56 Å². The Morgan fingerprint density at radius 1 is 1.17 bits per heavy atom. The van der Waals surface area contributed by atoms with Crippen LogP contribution in [0.15, 0.2) is 41.2 Å². The van der Waals surface area contributed by atoms with Gasteiger partial charge >= 0.3 is 6.18 Å². The number of carbonyl (C=O) groups is 1. The van der Waals surface area contributed by atoms with Crippen LogP contribution in [0.1, 0.15) is 34.6 Å². The fraction of sp³-hybridized carbons (Fsp3) is 0.200. The van der Waals surface area contributed by atoms with Gasteiger partial charge in [0.1, 0.15) is 17.1 Å². The molecule has 1 aromatic heterocycles. The highest BCUT2D eigenvalue weighted by Gasteiger charge is 2.32. The van der Waals surface area contributed by atoms with E-state index in [2.05, 4.69) is 5.32 Å². The van der Waals surface area contributed by atoms with Gasteiger partial charge in [-0.2, -0.15) is 13.2 Å². The molecule has 122 valence electrons. The Labute approximate surface area is 128 Å². The molecule has 1 atom stereocenters. The quantitative estimate of drug-likeness (QED) is 0.851. The van der Waals surface area contributed by atoms with Crippen molar-refractivity contribution in [2.45, 2.75) is 19.1 Å². The number of H-pyrrole nitrogens is 1. The van der Waals surface area contributed by atoms with Crippen molar-refractivity contribution in [3.63, 3.8) is 0 Å². The maximum atomic E-state index is 13.6. The van der Waals surface area contributed by atoms with Gasteiger partial charge in [-0.15, -0.1) is 0 Å². The van der Waals surface area contributed by atoms with E-state index >= 15 is 0 Å². The second kappa shape index (κ2) is 6.23. The first kappa shape index (κ1) is 16.7. The third-order valence-corrected chi connectivity index (χ3v) is 3.18. The molecule has 0 bridgehead atoms. The summed E-state index contributed by atoms with van der Waals surface area (Å²) in [5.74, 6) is -1.43. The van der Waals surface area contributed by atoms with E-state index in [1.54, 1.807) is 11.1 Å².